The predicted molar refractivity (Wildman–Crippen MR) is 107 cm³/mol. The third kappa shape index (κ3) is 3.32. The van der Waals surface area contributed by atoms with Crippen LogP contribution in [0.25, 0.3) is 22.3 Å². The number of ether oxygens (including phenoxy) is 3. The zero-order valence-electron chi connectivity index (χ0n) is 16.1. The van der Waals surface area contributed by atoms with E-state index in [1.807, 2.05) is 30.3 Å². The van der Waals surface area contributed by atoms with Gasteiger partial charge in [0.1, 0.15) is 18.9 Å². The lowest BCUT2D eigenvalue weighted by atomic mass is 10.1. The fourth-order valence-electron chi connectivity index (χ4n) is 3.29. The molecule has 2 aromatic heterocycles. The average molecular weight is 406 g/mol. The van der Waals surface area contributed by atoms with Crippen LogP contribution in [-0.4, -0.2) is 31.4 Å². The van der Waals surface area contributed by atoms with Crippen LogP contribution in [0, 0.1) is 0 Å². The molecule has 0 bridgehead atoms. The van der Waals surface area contributed by atoms with Gasteiger partial charge in [0.15, 0.2) is 34.4 Å². The first-order valence-electron chi connectivity index (χ1n) is 9.41. The van der Waals surface area contributed by atoms with Crippen LogP contribution in [0.3, 0.4) is 0 Å². The van der Waals surface area contributed by atoms with E-state index in [2.05, 4.69) is 10.5 Å². The number of nitrogens with zero attached hydrogens (tertiary/aromatic N) is 1. The van der Waals surface area contributed by atoms with Gasteiger partial charge in [-0.3, -0.25) is 4.79 Å². The molecule has 1 amide bonds. The van der Waals surface area contributed by atoms with Crippen molar-refractivity contribution < 1.29 is 27.9 Å². The third-order valence-corrected chi connectivity index (χ3v) is 4.77. The summed E-state index contributed by atoms with van der Waals surface area (Å²) >= 11 is 0. The number of rotatable bonds is 5. The van der Waals surface area contributed by atoms with Gasteiger partial charge < -0.3 is 28.5 Å². The maximum absolute atomic E-state index is 12.5. The average Bonchev–Trinajstić information content (AvgIpc) is 3.44. The van der Waals surface area contributed by atoms with Gasteiger partial charge in [-0.1, -0.05) is 17.3 Å². The summed E-state index contributed by atoms with van der Waals surface area (Å²) in [5.41, 5.74) is 1.93. The number of hydrogen-bond acceptors (Lipinski definition) is 7. The molecule has 0 saturated carbocycles. The highest BCUT2D eigenvalue weighted by Crippen LogP contribution is 2.34. The second-order valence-electron chi connectivity index (χ2n) is 6.71. The van der Waals surface area contributed by atoms with E-state index in [1.54, 1.807) is 25.3 Å². The molecule has 4 aromatic rings. The number of benzene rings is 2. The molecule has 0 saturated heterocycles. The molecule has 152 valence electrons. The minimum atomic E-state index is -0.350. The Balaban J connectivity index is 1.28. The van der Waals surface area contributed by atoms with Crippen LogP contribution in [0.4, 0.5) is 0 Å². The Kier molecular flexibility index (Phi) is 4.51. The largest absolute Gasteiger partial charge is 0.493 e. The van der Waals surface area contributed by atoms with Crippen LogP contribution in [-0.2, 0) is 6.54 Å². The van der Waals surface area contributed by atoms with Crippen molar-refractivity contribution >= 4 is 16.9 Å². The minimum Gasteiger partial charge on any atom is -0.493 e. The van der Waals surface area contributed by atoms with Gasteiger partial charge >= 0.3 is 0 Å². The number of amides is 1. The molecular formula is C22H18N2O6. The third-order valence-electron chi connectivity index (χ3n) is 4.77. The first-order valence-corrected chi connectivity index (χ1v) is 9.41. The van der Waals surface area contributed by atoms with Gasteiger partial charge in [0.25, 0.3) is 5.91 Å². The molecule has 0 radical (unpaired) electrons. The van der Waals surface area contributed by atoms with Gasteiger partial charge in [-0.05, 0) is 30.3 Å². The summed E-state index contributed by atoms with van der Waals surface area (Å²) in [5.74, 6) is 2.38. The lowest BCUT2D eigenvalue weighted by molar-refractivity contribution is 0.0924. The predicted octanol–water partition coefficient (Wildman–Crippen LogP) is 3.80. The van der Waals surface area contributed by atoms with E-state index in [9.17, 15) is 4.79 Å². The summed E-state index contributed by atoms with van der Waals surface area (Å²) in [6.45, 7) is 1.25. The van der Waals surface area contributed by atoms with Crippen LogP contribution >= 0.6 is 0 Å². The normalized spacial score (nSPS) is 12.7. The minimum absolute atomic E-state index is 0.196. The lowest BCUT2D eigenvalue weighted by Crippen LogP contribution is -2.22. The zero-order chi connectivity index (χ0) is 20.5. The van der Waals surface area contributed by atoms with Crippen molar-refractivity contribution in [2.45, 2.75) is 6.54 Å². The topological polar surface area (TPSA) is 96.0 Å². The highest BCUT2D eigenvalue weighted by atomic mass is 16.6. The summed E-state index contributed by atoms with van der Waals surface area (Å²) in [5, 5.41) is 7.61. The number of furan rings is 1. The Morgan fingerprint density at radius 1 is 1.10 bits per heavy atom. The van der Waals surface area contributed by atoms with Crippen LogP contribution in [0.15, 0.2) is 57.5 Å². The molecule has 0 atom stereocenters. The summed E-state index contributed by atoms with van der Waals surface area (Å²) in [6, 6.07) is 14.5. The smallest absolute Gasteiger partial charge is 0.287 e. The summed E-state index contributed by atoms with van der Waals surface area (Å²) in [6.07, 6.45) is 0. The Labute approximate surface area is 171 Å². The second kappa shape index (κ2) is 7.47. The molecule has 0 fully saturated rings. The van der Waals surface area contributed by atoms with Gasteiger partial charge in [0, 0.05) is 17.0 Å². The van der Waals surface area contributed by atoms with Crippen LogP contribution in [0.2, 0.25) is 0 Å². The number of para-hydroxylation sites is 1. The Hall–Kier alpha value is -3.94. The summed E-state index contributed by atoms with van der Waals surface area (Å²) < 4.78 is 27.5. The van der Waals surface area contributed by atoms with E-state index < -0.39 is 0 Å². The molecule has 0 spiro atoms. The zero-order valence-corrected chi connectivity index (χ0v) is 16.1. The monoisotopic (exact) mass is 406 g/mol. The molecule has 8 nitrogen and oxygen atoms in total. The number of nitrogens with one attached hydrogen (secondary N) is 1. The number of fused-ring (bicyclic) bond motifs is 2. The maximum atomic E-state index is 12.5. The van der Waals surface area contributed by atoms with E-state index in [1.165, 1.54) is 0 Å². The van der Waals surface area contributed by atoms with Crippen LogP contribution < -0.4 is 19.5 Å². The number of methoxy groups -OCH3 is 1. The molecule has 1 aliphatic rings. The first kappa shape index (κ1) is 18.1. The van der Waals surface area contributed by atoms with E-state index in [0.29, 0.717) is 47.5 Å². The molecule has 30 heavy (non-hydrogen) atoms. The van der Waals surface area contributed by atoms with Gasteiger partial charge in [-0.25, -0.2) is 0 Å². The van der Waals surface area contributed by atoms with Crippen LogP contribution in [0.1, 0.15) is 16.2 Å². The van der Waals surface area contributed by atoms with E-state index >= 15 is 0 Å². The van der Waals surface area contributed by atoms with Crippen molar-refractivity contribution in [3.8, 4) is 28.6 Å². The van der Waals surface area contributed by atoms with E-state index in [4.69, 9.17) is 23.2 Å². The SMILES string of the molecule is COc1cccc2cc(C(=O)NCc3cc(-c4ccc5c(c4)OCCO5)on3)oc12. The van der Waals surface area contributed by atoms with Crippen molar-refractivity contribution in [1.29, 1.82) is 0 Å². The summed E-state index contributed by atoms with van der Waals surface area (Å²) in [4.78, 5) is 12.5. The van der Waals surface area contributed by atoms with Crippen molar-refractivity contribution in [2.24, 2.45) is 0 Å². The van der Waals surface area contributed by atoms with Crippen molar-refractivity contribution in [1.82, 2.24) is 10.5 Å². The van der Waals surface area contributed by atoms with Crippen molar-refractivity contribution in [3.63, 3.8) is 0 Å². The highest BCUT2D eigenvalue weighted by molar-refractivity contribution is 5.97. The van der Waals surface area contributed by atoms with Crippen molar-refractivity contribution in [2.75, 3.05) is 20.3 Å². The fourth-order valence-corrected chi connectivity index (χ4v) is 3.29. The molecule has 3 heterocycles. The molecule has 8 heteroatoms. The first-order chi connectivity index (χ1) is 14.7. The highest BCUT2D eigenvalue weighted by Gasteiger charge is 2.17. The molecule has 2 aromatic carbocycles. The number of aromatic nitrogens is 1. The quantitative estimate of drug-likeness (QED) is 0.539. The van der Waals surface area contributed by atoms with Gasteiger partial charge in [-0.2, -0.15) is 0 Å². The Bertz CT molecular complexity index is 1230. The van der Waals surface area contributed by atoms with Crippen molar-refractivity contribution in [3.05, 3.63) is 60.0 Å². The van der Waals surface area contributed by atoms with Gasteiger partial charge in [0.2, 0.25) is 0 Å². The Morgan fingerprint density at radius 3 is 2.83 bits per heavy atom. The van der Waals surface area contributed by atoms with E-state index in [-0.39, 0.29) is 18.2 Å². The molecule has 0 unspecified atom stereocenters. The number of carbonyl (C=O) groups excluding carboxylic acids is 1. The molecular weight excluding hydrogens is 388 g/mol. The molecule has 5 rings (SSSR count). The van der Waals surface area contributed by atoms with E-state index in [0.717, 1.165) is 10.9 Å². The number of hydrogen-bond donors (Lipinski definition) is 1. The standard InChI is InChI=1S/C22H18N2O6/c1-26-17-4-2-3-14-10-20(29-21(14)17)22(25)23-12-15-11-18(30-24-15)13-5-6-16-19(9-13)28-8-7-27-16/h2-6,9-11H,7-8,12H2,1H3,(H,23,25). The molecule has 0 aliphatic carbocycles. The van der Waals surface area contributed by atoms with Crippen LogP contribution in [0.5, 0.6) is 17.2 Å². The molecule has 1 aliphatic heterocycles. The summed E-state index contributed by atoms with van der Waals surface area (Å²) in [7, 11) is 1.56. The fraction of sp³-hybridized carbons (Fsp3) is 0.182. The lowest BCUT2D eigenvalue weighted by Gasteiger charge is -2.18. The van der Waals surface area contributed by atoms with Gasteiger partial charge in [-0.15, -0.1) is 0 Å². The number of carbonyl (C=O) groups is 1. The second-order valence-corrected chi connectivity index (χ2v) is 6.71. The van der Waals surface area contributed by atoms with Gasteiger partial charge in [0.05, 0.1) is 13.7 Å². The molecule has 1 N–H and O–H groups in total. The Morgan fingerprint density at radius 2 is 1.97 bits per heavy atom. The maximum Gasteiger partial charge on any atom is 0.287 e.